The number of aryl methyl sites for hydroxylation is 3. The van der Waals surface area contributed by atoms with Crippen LogP contribution in [-0.4, -0.2) is 13.2 Å². The SMILES string of the molecule is CCCCOc1ccc(CCc2ccc(-c3ccc(C#Cc4c(F)cc(OCCC)cc4CC)cc3)cc2)c(F)c1. The van der Waals surface area contributed by atoms with E-state index in [-0.39, 0.29) is 11.6 Å². The molecule has 0 aliphatic heterocycles. The molecular weight excluding hydrogens is 514 g/mol. The van der Waals surface area contributed by atoms with E-state index in [2.05, 4.69) is 43.0 Å². The first-order valence-electron chi connectivity index (χ1n) is 14.6. The lowest BCUT2D eigenvalue weighted by Gasteiger charge is -2.09. The summed E-state index contributed by atoms with van der Waals surface area (Å²) >= 11 is 0. The molecule has 4 heteroatoms. The molecule has 41 heavy (non-hydrogen) atoms. The fraction of sp³-hybridized carbons (Fsp3) is 0.297. The Labute approximate surface area is 243 Å². The van der Waals surface area contributed by atoms with E-state index in [1.807, 2.05) is 56.3 Å². The number of benzene rings is 4. The Hall–Kier alpha value is -4.10. The van der Waals surface area contributed by atoms with Gasteiger partial charge in [0.2, 0.25) is 0 Å². The molecule has 0 heterocycles. The second kappa shape index (κ2) is 15.1. The lowest BCUT2D eigenvalue weighted by molar-refractivity contribution is 0.307. The van der Waals surface area contributed by atoms with E-state index in [1.165, 1.54) is 12.1 Å². The number of halogens is 2. The molecule has 0 aromatic heterocycles. The summed E-state index contributed by atoms with van der Waals surface area (Å²) in [5.41, 5.74) is 6.10. The van der Waals surface area contributed by atoms with Crippen LogP contribution in [0.15, 0.2) is 78.9 Å². The van der Waals surface area contributed by atoms with Crippen molar-refractivity contribution in [3.8, 4) is 34.5 Å². The van der Waals surface area contributed by atoms with Crippen molar-refractivity contribution >= 4 is 0 Å². The quantitative estimate of drug-likeness (QED) is 0.129. The van der Waals surface area contributed by atoms with Crippen LogP contribution in [0.5, 0.6) is 11.5 Å². The highest BCUT2D eigenvalue weighted by Crippen LogP contribution is 2.24. The van der Waals surface area contributed by atoms with Gasteiger partial charge in [-0.2, -0.15) is 0 Å². The van der Waals surface area contributed by atoms with Crippen molar-refractivity contribution in [1.29, 1.82) is 0 Å². The van der Waals surface area contributed by atoms with Crippen LogP contribution in [0.3, 0.4) is 0 Å². The molecule has 212 valence electrons. The van der Waals surface area contributed by atoms with Crippen LogP contribution in [0, 0.1) is 23.5 Å². The first-order chi connectivity index (χ1) is 20.0. The lowest BCUT2D eigenvalue weighted by atomic mass is 9.99. The van der Waals surface area contributed by atoms with Crippen molar-refractivity contribution in [2.45, 2.75) is 59.3 Å². The molecule has 0 aliphatic rings. The van der Waals surface area contributed by atoms with Gasteiger partial charge in [-0.3, -0.25) is 0 Å². The molecule has 0 atom stereocenters. The second-order valence-corrected chi connectivity index (χ2v) is 10.1. The topological polar surface area (TPSA) is 18.5 Å². The lowest BCUT2D eigenvalue weighted by Crippen LogP contribution is -1.99. The summed E-state index contributed by atoms with van der Waals surface area (Å²) in [6, 6.07) is 24.8. The summed E-state index contributed by atoms with van der Waals surface area (Å²) in [4.78, 5) is 0. The van der Waals surface area contributed by atoms with Gasteiger partial charge in [-0.25, -0.2) is 8.78 Å². The van der Waals surface area contributed by atoms with Gasteiger partial charge in [0, 0.05) is 17.7 Å². The average Bonchev–Trinajstić information content (AvgIpc) is 2.99. The van der Waals surface area contributed by atoms with Crippen molar-refractivity contribution < 1.29 is 18.3 Å². The molecule has 0 bridgehead atoms. The predicted octanol–water partition coefficient (Wildman–Crippen LogP) is 9.35. The minimum Gasteiger partial charge on any atom is -0.493 e. The maximum Gasteiger partial charge on any atom is 0.142 e. The molecule has 0 radical (unpaired) electrons. The van der Waals surface area contributed by atoms with Crippen LogP contribution in [0.4, 0.5) is 8.78 Å². The predicted molar refractivity (Wildman–Crippen MR) is 164 cm³/mol. The third-order valence-electron chi connectivity index (χ3n) is 6.98. The monoisotopic (exact) mass is 552 g/mol. The van der Waals surface area contributed by atoms with Gasteiger partial charge in [0.25, 0.3) is 0 Å². The van der Waals surface area contributed by atoms with Crippen LogP contribution in [-0.2, 0) is 19.3 Å². The van der Waals surface area contributed by atoms with E-state index in [0.717, 1.165) is 53.5 Å². The Kier molecular flexibility index (Phi) is 11.0. The fourth-order valence-corrected chi connectivity index (χ4v) is 4.54. The zero-order valence-electron chi connectivity index (χ0n) is 24.2. The van der Waals surface area contributed by atoms with Crippen molar-refractivity contribution in [3.63, 3.8) is 0 Å². The largest absolute Gasteiger partial charge is 0.493 e. The Morgan fingerprint density at radius 3 is 1.95 bits per heavy atom. The molecule has 4 aromatic rings. The van der Waals surface area contributed by atoms with E-state index < -0.39 is 0 Å². The van der Waals surface area contributed by atoms with Gasteiger partial charge in [-0.15, -0.1) is 0 Å². The summed E-state index contributed by atoms with van der Waals surface area (Å²) in [5.74, 6) is 6.71. The number of hydrogen-bond acceptors (Lipinski definition) is 2. The smallest absolute Gasteiger partial charge is 0.142 e. The molecule has 0 N–H and O–H groups in total. The van der Waals surface area contributed by atoms with Gasteiger partial charge in [-0.05, 0) is 84.2 Å². The maximum absolute atomic E-state index is 14.8. The molecule has 2 nitrogen and oxygen atoms in total. The fourth-order valence-electron chi connectivity index (χ4n) is 4.54. The number of ether oxygens (including phenoxy) is 2. The van der Waals surface area contributed by atoms with Crippen molar-refractivity contribution in [3.05, 3.63) is 118 Å². The molecular formula is C37H38F2O2. The second-order valence-electron chi connectivity index (χ2n) is 10.1. The van der Waals surface area contributed by atoms with Crippen LogP contribution in [0.2, 0.25) is 0 Å². The van der Waals surface area contributed by atoms with Crippen LogP contribution in [0.25, 0.3) is 11.1 Å². The van der Waals surface area contributed by atoms with Gasteiger partial charge in [0.05, 0.1) is 18.8 Å². The van der Waals surface area contributed by atoms with E-state index in [1.54, 1.807) is 0 Å². The van der Waals surface area contributed by atoms with Crippen LogP contribution >= 0.6 is 0 Å². The van der Waals surface area contributed by atoms with Gasteiger partial charge in [-0.1, -0.05) is 81.5 Å². The normalized spacial score (nSPS) is 10.7. The van der Waals surface area contributed by atoms with Gasteiger partial charge in [0.15, 0.2) is 0 Å². The summed E-state index contributed by atoms with van der Waals surface area (Å²) in [7, 11) is 0. The van der Waals surface area contributed by atoms with Gasteiger partial charge in [0.1, 0.15) is 23.1 Å². The molecule has 4 aromatic carbocycles. The number of unbranched alkanes of at least 4 members (excludes halogenated alkanes) is 1. The van der Waals surface area contributed by atoms with E-state index in [4.69, 9.17) is 9.47 Å². The molecule has 0 saturated carbocycles. The zero-order valence-corrected chi connectivity index (χ0v) is 24.2. The van der Waals surface area contributed by atoms with Gasteiger partial charge < -0.3 is 9.47 Å². The summed E-state index contributed by atoms with van der Waals surface area (Å²) in [5, 5.41) is 0. The number of hydrogen-bond donors (Lipinski definition) is 0. The Morgan fingerprint density at radius 1 is 0.610 bits per heavy atom. The average molecular weight is 553 g/mol. The van der Waals surface area contributed by atoms with Crippen molar-refractivity contribution in [2.75, 3.05) is 13.2 Å². The van der Waals surface area contributed by atoms with Crippen molar-refractivity contribution in [1.82, 2.24) is 0 Å². The standard InChI is InChI=1S/C37H38F2O2/c1-4-7-23-41-33-20-19-32(36(38)25-33)18-12-27-8-14-30(15-9-27)31-16-10-28(11-17-31)13-21-35-29(6-3)24-34(26-37(35)39)40-22-5-2/h8-11,14-17,19-20,24-26H,4-7,12,18,22-23H2,1-3H3. The summed E-state index contributed by atoms with van der Waals surface area (Å²) < 4.78 is 40.5. The molecule has 4 rings (SSSR count). The molecule has 0 fully saturated rings. The van der Waals surface area contributed by atoms with Gasteiger partial charge >= 0.3 is 0 Å². The Balaban J connectivity index is 1.37. The Bertz CT molecular complexity index is 1480. The minimum atomic E-state index is -0.351. The molecule has 0 aliphatic carbocycles. The van der Waals surface area contributed by atoms with Crippen LogP contribution < -0.4 is 9.47 Å². The molecule has 0 unspecified atom stereocenters. The number of rotatable bonds is 12. The third kappa shape index (κ3) is 8.44. The highest BCUT2D eigenvalue weighted by molar-refractivity contribution is 5.65. The van der Waals surface area contributed by atoms with Crippen LogP contribution in [0.1, 0.15) is 67.9 Å². The first kappa shape index (κ1) is 29.9. The van der Waals surface area contributed by atoms with E-state index >= 15 is 0 Å². The van der Waals surface area contributed by atoms with E-state index in [0.29, 0.717) is 48.7 Å². The Morgan fingerprint density at radius 2 is 1.29 bits per heavy atom. The minimum absolute atomic E-state index is 0.217. The molecule has 0 amide bonds. The third-order valence-corrected chi connectivity index (χ3v) is 6.98. The zero-order chi connectivity index (χ0) is 29.0. The molecule has 0 saturated heterocycles. The summed E-state index contributed by atoms with van der Waals surface area (Å²) in [6.07, 6.45) is 4.94. The molecule has 0 spiro atoms. The van der Waals surface area contributed by atoms with E-state index in [9.17, 15) is 8.78 Å². The highest BCUT2D eigenvalue weighted by atomic mass is 19.1. The maximum atomic E-state index is 14.8. The summed E-state index contributed by atoms with van der Waals surface area (Å²) in [6.45, 7) is 7.29. The van der Waals surface area contributed by atoms with Crippen molar-refractivity contribution in [2.24, 2.45) is 0 Å². The first-order valence-corrected chi connectivity index (χ1v) is 14.6. The highest BCUT2D eigenvalue weighted by Gasteiger charge is 2.09.